The molecule has 0 aliphatic carbocycles. The summed E-state index contributed by atoms with van der Waals surface area (Å²) >= 11 is 0. The van der Waals surface area contributed by atoms with Crippen molar-refractivity contribution in [2.24, 2.45) is 0 Å². The fraction of sp³-hybridized carbons (Fsp3) is 0.684. The van der Waals surface area contributed by atoms with Crippen molar-refractivity contribution in [3.05, 3.63) is 29.8 Å². The van der Waals surface area contributed by atoms with E-state index in [1.807, 2.05) is 24.3 Å². The third-order valence-electron chi connectivity index (χ3n) is 5.20. The number of ether oxygens (including phenoxy) is 1. The molecule has 1 aromatic carbocycles. The monoisotopic (exact) mass is 351 g/mol. The molecule has 140 valence electrons. The van der Waals surface area contributed by atoms with Crippen LogP contribution < -0.4 is 4.74 Å². The van der Waals surface area contributed by atoms with Crippen molar-refractivity contribution in [2.45, 2.75) is 18.6 Å². The molecule has 0 spiro atoms. The molecule has 2 aliphatic rings. The van der Waals surface area contributed by atoms with E-state index in [1.165, 1.54) is 5.56 Å². The second-order valence-electron chi connectivity index (χ2n) is 7.45. The fourth-order valence-corrected chi connectivity index (χ4v) is 3.73. The molecule has 3 rings (SSSR count). The molecular formula is C19H30FN3O2. The van der Waals surface area contributed by atoms with Crippen LogP contribution in [0.2, 0.25) is 0 Å². The zero-order valence-electron chi connectivity index (χ0n) is 15.2. The van der Waals surface area contributed by atoms with Gasteiger partial charge in [0.15, 0.2) is 0 Å². The van der Waals surface area contributed by atoms with Crippen LogP contribution in [0.1, 0.15) is 12.0 Å². The van der Waals surface area contributed by atoms with Crippen molar-refractivity contribution in [1.82, 2.24) is 14.7 Å². The Morgan fingerprint density at radius 2 is 1.80 bits per heavy atom. The van der Waals surface area contributed by atoms with E-state index in [1.54, 1.807) is 0 Å². The zero-order chi connectivity index (χ0) is 17.7. The maximum atomic E-state index is 12.1. The zero-order valence-corrected chi connectivity index (χ0v) is 15.2. The van der Waals surface area contributed by atoms with Gasteiger partial charge >= 0.3 is 0 Å². The molecule has 25 heavy (non-hydrogen) atoms. The molecule has 0 radical (unpaired) electrons. The van der Waals surface area contributed by atoms with Gasteiger partial charge < -0.3 is 14.7 Å². The topological polar surface area (TPSA) is 39.2 Å². The number of benzene rings is 1. The number of likely N-dealkylation sites (N-methyl/N-ethyl adjacent to an activating group) is 1. The molecule has 2 saturated heterocycles. The molecule has 0 aromatic heterocycles. The van der Waals surface area contributed by atoms with E-state index in [0.717, 1.165) is 58.8 Å². The molecule has 2 aliphatic heterocycles. The van der Waals surface area contributed by atoms with Crippen molar-refractivity contribution < 1.29 is 14.2 Å². The Bertz CT molecular complexity index is 534. The van der Waals surface area contributed by atoms with Crippen LogP contribution in [0, 0.1) is 0 Å². The highest BCUT2D eigenvalue weighted by atomic mass is 19.1. The van der Waals surface area contributed by atoms with Crippen LogP contribution in [0.15, 0.2) is 24.3 Å². The third kappa shape index (κ3) is 5.38. The first-order valence-electron chi connectivity index (χ1n) is 9.20. The van der Waals surface area contributed by atoms with Gasteiger partial charge in [-0.15, -0.1) is 0 Å². The Kier molecular flexibility index (Phi) is 6.28. The van der Waals surface area contributed by atoms with Gasteiger partial charge in [0.2, 0.25) is 0 Å². The first kappa shape index (κ1) is 18.6. The Balaban J connectivity index is 1.47. The number of piperazine rings is 1. The molecule has 2 fully saturated rings. The largest absolute Gasteiger partial charge is 0.491 e. The number of halogens is 1. The van der Waals surface area contributed by atoms with Crippen molar-refractivity contribution in [3.63, 3.8) is 0 Å². The van der Waals surface area contributed by atoms with Gasteiger partial charge in [-0.2, -0.15) is 0 Å². The second-order valence-corrected chi connectivity index (χ2v) is 7.45. The predicted molar refractivity (Wildman–Crippen MR) is 96.7 cm³/mol. The first-order chi connectivity index (χ1) is 12.1. The fourth-order valence-electron chi connectivity index (χ4n) is 3.73. The average Bonchev–Trinajstić information content (AvgIpc) is 2.97. The smallest absolute Gasteiger partial charge is 0.123 e. The number of alkyl halides is 1. The summed E-state index contributed by atoms with van der Waals surface area (Å²) in [5.41, 5.74) is 0.594. The standard InChI is InChI=1S/C19H30FN3O2/c1-21-9-11-22(12-10-21)15-19(24)6-8-23(16-19)14-17-2-4-18(5-3-17)25-13-7-20/h2-5,24H,6-16H2,1H3/t19-/m0/s1. The average molecular weight is 351 g/mol. The molecule has 1 N–H and O–H groups in total. The number of hydrogen-bond acceptors (Lipinski definition) is 5. The number of hydrogen-bond donors (Lipinski definition) is 1. The van der Waals surface area contributed by atoms with E-state index in [9.17, 15) is 9.50 Å². The van der Waals surface area contributed by atoms with Gasteiger partial charge in [0.1, 0.15) is 19.0 Å². The number of aliphatic hydroxyl groups is 1. The molecule has 6 heteroatoms. The predicted octanol–water partition coefficient (Wildman–Crippen LogP) is 1.22. The van der Waals surface area contributed by atoms with Gasteiger partial charge in [-0.1, -0.05) is 12.1 Å². The molecule has 0 unspecified atom stereocenters. The Hall–Kier alpha value is -1.21. The minimum atomic E-state index is -0.597. The van der Waals surface area contributed by atoms with Crippen molar-refractivity contribution in [2.75, 3.05) is 66.1 Å². The molecule has 1 atom stereocenters. The highest BCUT2D eigenvalue weighted by Crippen LogP contribution is 2.25. The molecule has 0 saturated carbocycles. The number of likely N-dealkylation sites (tertiary alicyclic amines) is 1. The van der Waals surface area contributed by atoms with Gasteiger partial charge in [0.05, 0.1) is 5.60 Å². The van der Waals surface area contributed by atoms with Gasteiger partial charge in [0, 0.05) is 52.4 Å². The van der Waals surface area contributed by atoms with E-state index in [-0.39, 0.29) is 6.61 Å². The van der Waals surface area contributed by atoms with Crippen LogP contribution in [0.25, 0.3) is 0 Å². The van der Waals surface area contributed by atoms with E-state index < -0.39 is 12.3 Å². The molecule has 5 nitrogen and oxygen atoms in total. The molecular weight excluding hydrogens is 321 g/mol. The molecule has 1 aromatic rings. The van der Waals surface area contributed by atoms with Gasteiger partial charge in [-0.25, -0.2) is 4.39 Å². The number of rotatable bonds is 7. The van der Waals surface area contributed by atoms with Gasteiger partial charge in [-0.3, -0.25) is 9.80 Å². The summed E-state index contributed by atoms with van der Waals surface area (Å²) < 4.78 is 17.4. The SMILES string of the molecule is CN1CCN(C[C@@]2(O)CCN(Cc3ccc(OCCF)cc3)C2)CC1. The third-order valence-corrected chi connectivity index (χ3v) is 5.20. The lowest BCUT2D eigenvalue weighted by Crippen LogP contribution is -2.51. The number of nitrogens with zero attached hydrogens (tertiary/aromatic N) is 3. The molecule has 0 amide bonds. The minimum Gasteiger partial charge on any atom is -0.491 e. The van der Waals surface area contributed by atoms with E-state index >= 15 is 0 Å². The van der Waals surface area contributed by atoms with E-state index in [4.69, 9.17) is 4.74 Å². The van der Waals surface area contributed by atoms with Crippen LogP contribution in [0.4, 0.5) is 4.39 Å². The lowest BCUT2D eigenvalue weighted by molar-refractivity contribution is -0.000369. The lowest BCUT2D eigenvalue weighted by Gasteiger charge is -2.36. The van der Waals surface area contributed by atoms with Crippen LogP contribution in [-0.4, -0.2) is 91.5 Å². The first-order valence-corrected chi connectivity index (χ1v) is 9.20. The van der Waals surface area contributed by atoms with E-state index in [0.29, 0.717) is 5.75 Å². The summed E-state index contributed by atoms with van der Waals surface area (Å²) in [6, 6.07) is 7.81. The maximum Gasteiger partial charge on any atom is 0.123 e. The highest BCUT2D eigenvalue weighted by molar-refractivity contribution is 5.27. The van der Waals surface area contributed by atoms with Crippen LogP contribution in [0.3, 0.4) is 0 Å². The summed E-state index contributed by atoms with van der Waals surface area (Å²) in [5.74, 6) is 0.703. The minimum absolute atomic E-state index is 0.102. The second kappa shape index (κ2) is 8.45. The summed E-state index contributed by atoms with van der Waals surface area (Å²) in [5, 5.41) is 10.9. The van der Waals surface area contributed by atoms with Crippen LogP contribution >= 0.6 is 0 Å². The summed E-state index contributed by atoms with van der Waals surface area (Å²) in [6.45, 7) is 7.11. The highest BCUT2D eigenvalue weighted by Gasteiger charge is 2.37. The number of β-amino-alcohol motifs (C(OH)–C–C–N with tert-alkyl or cyclic N) is 1. The van der Waals surface area contributed by atoms with Gasteiger partial charge in [0.25, 0.3) is 0 Å². The molecule has 0 bridgehead atoms. The summed E-state index contributed by atoms with van der Waals surface area (Å²) in [4.78, 5) is 7.04. The van der Waals surface area contributed by atoms with Crippen LogP contribution in [-0.2, 0) is 6.54 Å². The Labute approximate surface area is 150 Å². The summed E-state index contributed by atoms with van der Waals surface area (Å²) in [7, 11) is 2.15. The van der Waals surface area contributed by atoms with Crippen LogP contribution in [0.5, 0.6) is 5.75 Å². The van der Waals surface area contributed by atoms with Gasteiger partial charge in [-0.05, 0) is 31.2 Å². The Morgan fingerprint density at radius 1 is 1.08 bits per heavy atom. The maximum absolute atomic E-state index is 12.1. The molecule has 2 heterocycles. The van der Waals surface area contributed by atoms with Crippen molar-refractivity contribution in [1.29, 1.82) is 0 Å². The van der Waals surface area contributed by atoms with E-state index in [2.05, 4.69) is 21.7 Å². The van der Waals surface area contributed by atoms with Crippen molar-refractivity contribution in [3.8, 4) is 5.75 Å². The summed E-state index contributed by atoms with van der Waals surface area (Å²) in [6.07, 6.45) is 0.830. The lowest BCUT2D eigenvalue weighted by atomic mass is 10.0. The van der Waals surface area contributed by atoms with Crippen molar-refractivity contribution >= 4 is 0 Å². The Morgan fingerprint density at radius 3 is 2.48 bits per heavy atom. The normalized spacial score (nSPS) is 26.2. The quantitative estimate of drug-likeness (QED) is 0.800.